The van der Waals surface area contributed by atoms with Crippen LogP contribution >= 0.6 is 39.1 Å². The second-order valence-corrected chi connectivity index (χ2v) is 9.09. The largest absolute Gasteiger partial charge is 0.490 e. The molecule has 0 aliphatic heterocycles. The van der Waals surface area contributed by atoms with Gasteiger partial charge in [0.1, 0.15) is 0 Å². The Labute approximate surface area is 190 Å². The predicted molar refractivity (Wildman–Crippen MR) is 122 cm³/mol. The van der Waals surface area contributed by atoms with Crippen LogP contribution in [-0.4, -0.2) is 24.7 Å². The maximum atomic E-state index is 12.0. The molecular weight excluding hydrogens is 479 g/mol. The molecule has 0 atom stereocenters. The van der Waals surface area contributed by atoms with Crippen molar-refractivity contribution in [2.24, 2.45) is 0 Å². The van der Waals surface area contributed by atoms with Gasteiger partial charge in [0, 0.05) is 21.6 Å². The SMILES string of the molecule is CCOc1cc(CNc2cc(Cl)ccc2Cl)c(Br)cc1OCC(=O)NC(C)(C)C. The third-order valence-electron chi connectivity index (χ3n) is 3.68. The van der Waals surface area contributed by atoms with Crippen molar-refractivity contribution in [2.75, 3.05) is 18.5 Å². The van der Waals surface area contributed by atoms with E-state index in [0.717, 1.165) is 15.7 Å². The molecule has 0 saturated heterocycles. The van der Waals surface area contributed by atoms with Gasteiger partial charge in [-0.2, -0.15) is 0 Å². The van der Waals surface area contributed by atoms with E-state index in [4.69, 9.17) is 32.7 Å². The van der Waals surface area contributed by atoms with Crippen LogP contribution < -0.4 is 20.1 Å². The number of benzene rings is 2. The molecule has 0 aliphatic rings. The number of amides is 1. The Bertz CT molecular complexity index is 870. The number of carbonyl (C=O) groups excluding carboxylic acids is 1. The molecule has 0 bridgehead atoms. The first-order valence-corrected chi connectivity index (χ1v) is 10.7. The van der Waals surface area contributed by atoms with Crippen molar-refractivity contribution in [3.8, 4) is 11.5 Å². The third kappa shape index (κ3) is 7.61. The van der Waals surface area contributed by atoms with Crippen LogP contribution in [0.5, 0.6) is 11.5 Å². The predicted octanol–water partition coefficient (Wildman–Crippen LogP) is 6.06. The van der Waals surface area contributed by atoms with Crippen molar-refractivity contribution in [3.05, 3.63) is 50.4 Å². The molecule has 0 saturated carbocycles. The van der Waals surface area contributed by atoms with Gasteiger partial charge in [-0.15, -0.1) is 0 Å². The van der Waals surface area contributed by atoms with Gasteiger partial charge in [-0.05, 0) is 63.6 Å². The van der Waals surface area contributed by atoms with Crippen molar-refractivity contribution in [2.45, 2.75) is 39.8 Å². The molecule has 2 aromatic carbocycles. The van der Waals surface area contributed by atoms with Crippen LogP contribution in [0.2, 0.25) is 10.0 Å². The summed E-state index contributed by atoms with van der Waals surface area (Å²) in [5.41, 5.74) is 1.36. The zero-order chi connectivity index (χ0) is 21.6. The van der Waals surface area contributed by atoms with Crippen LogP contribution in [0.15, 0.2) is 34.8 Å². The molecule has 0 radical (unpaired) electrons. The Kier molecular flexibility index (Phi) is 8.49. The highest BCUT2D eigenvalue weighted by atomic mass is 79.9. The number of anilines is 1. The summed E-state index contributed by atoms with van der Waals surface area (Å²) < 4.78 is 12.2. The normalized spacial score (nSPS) is 11.1. The summed E-state index contributed by atoms with van der Waals surface area (Å²) in [6.45, 7) is 8.51. The van der Waals surface area contributed by atoms with Crippen LogP contribution in [-0.2, 0) is 11.3 Å². The fraction of sp³-hybridized carbons (Fsp3) is 0.381. The highest BCUT2D eigenvalue weighted by Gasteiger charge is 2.16. The van der Waals surface area contributed by atoms with Crippen molar-refractivity contribution in [1.82, 2.24) is 5.32 Å². The zero-order valence-electron chi connectivity index (χ0n) is 16.9. The molecule has 0 fully saturated rings. The molecule has 29 heavy (non-hydrogen) atoms. The van der Waals surface area contributed by atoms with E-state index in [1.807, 2.05) is 33.8 Å². The van der Waals surface area contributed by atoms with Crippen molar-refractivity contribution in [3.63, 3.8) is 0 Å². The van der Waals surface area contributed by atoms with Crippen molar-refractivity contribution >= 4 is 50.7 Å². The summed E-state index contributed by atoms with van der Waals surface area (Å²) in [5.74, 6) is 0.859. The van der Waals surface area contributed by atoms with Gasteiger partial charge in [0.2, 0.25) is 0 Å². The highest BCUT2D eigenvalue weighted by molar-refractivity contribution is 9.10. The fourth-order valence-electron chi connectivity index (χ4n) is 2.51. The number of hydrogen-bond donors (Lipinski definition) is 2. The van der Waals surface area contributed by atoms with Gasteiger partial charge in [-0.3, -0.25) is 4.79 Å². The monoisotopic (exact) mass is 502 g/mol. The van der Waals surface area contributed by atoms with E-state index >= 15 is 0 Å². The summed E-state index contributed by atoms with van der Waals surface area (Å²) in [7, 11) is 0. The Morgan fingerprint density at radius 2 is 1.79 bits per heavy atom. The summed E-state index contributed by atoms with van der Waals surface area (Å²) in [6.07, 6.45) is 0. The zero-order valence-corrected chi connectivity index (χ0v) is 20.0. The van der Waals surface area contributed by atoms with Gasteiger partial charge in [0.25, 0.3) is 5.91 Å². The fourth-order valence-corrected chi connectivity index (χ4v) is 3.33. The summed E-state index contributed by atoms with van der Waals surface area (Å²) >= 11 is 15.8. The van der Waals surface area contributed by atoms with E-state index in [1.54, 1.807) is 24.3 Å². The number of ether oxygens (including phenoxy) is 2. The Hall–Kier alpha value is -1.63. The molecule has 0 unspecified atom stereocenters. The molecule has 0 aliphatic carbocycles. The molecule has 1 amide bonds. The maximum absolute atomic E-state index is 12.0. The van der Waals surface area contributed by atoms with Gasteiger partial charge in [-0.25, -0.2) is 0 Å². The molecule has 0 heterocycles. The van der Waals surface area contributed by atoms with E-state index in [-0.39, 0.29) is 18.1 Å². The summed E-state index contributed by atoms with van der Waals surface area (Å²) in [5, 5.41) is 7.32. The standard InChI is InChI=1S/C21H25BrCl2N2O3/c1-5-28-18-8-13(11-25-17-9-14(23)6-7-16(17)24)15(22)10-19(18)29-12-20(27)26-21(2,3)4/h6-10,25H,5,11-12H2,1-4H3,(H,26,27). The number of rotatable bonds is 8. The van der Waals surface area contributed by atoms with E-state index in [0.29, 0.717) is 34.7 Å². The molecule has 2 rings (SSSR count). The molecule has 2 N–H and O–H groups in total. The minimum Gasteiger partial charge on any atom is -0.490 e. The molecule has 0 spiro atoms. The number of nitrogens with one attached hydrogen (secondary N) is 2. The van der Waals surface area contributed by atoms with Crippen LogP contribution in [0.4, 0.5) is 5.69 Å². The summed E-state index contributed by atoms with van der Waals surface area (Å²) in [6, 6.07) is 8.92. The first kappa shape index (κ1) is 23.6. The average Bonchev–Trinajstić information content (AvgIpc) is 2.61. The Morgan fingerprint density at radius 1 is 1.10 bits per heavy atom. The first-order chi connectivity index (χ1) is 13.6. The van der Waals surface area contributed by atoms with E-state index in [9.17, 15) is 4.79 Å². The van der Waals surface area contributed by atoms with Gasteiger partial charge in [-0.1, -0.05) is 39.1 Å². The molecule has 5 nitrogen and oxygen atoms in total. The van der Waals surface area contributed by atoms with Gasteiger partial charge >= 0.3 is 0 Å². The Balaban J connectivity index is 2.14. The minimum absolute atomic E-state index is 0.0977. The molecule has 2 aromatic rings. The summed E-state index contributed by atoms with van der Waals surface area (Å²) in [4.78, 5) is 12.0. The topological polar surface area (TPSA) is 59.6 Å². The van der Waals surface area contributed by atoms with Gasteiger partial charge in [0.05, 0.1) is 17.3 Å². The molecule has 0 aromatic heterocycles. The van der Waals surface area contributed by atoms with E-state index in [1.165, 1.54) is 0 Å². The Morgan fingerprint density at radius 3 is 2.45 bits per heavy atom. The van der Waals surface area contributed by atoms with Crippen molar-refractivity contribution in [1.29, 1.82) is 0 Å². The molecule has 8 heteroatoms. The lowest BCUT2D eigenvalue weighted by Gasteiger charge is -2.21. The van der Waals surface area contributed by atoms with Crippen LogP contribution in [0, 0.1) is 0 Å². The van der Waals surface area contributed by atoms with Crippen LogP contribution in [0.1, 0.15) is 33.3 Å². The third-order valence-corrected chi connectivity index (χ3v) is 4.99. The smallest absolute Gasteiger partial charge is 0.258 e. The average molecular weight is 504 g/mol. The van der Waals surface area contributed by atoms with Gasteiger partial charge < -0.3 is 20.1 Å². The number of hydrogen-bond acceptors (Lipinski definition) is 4. The lowest BCUT2D eigenvalue weighted by Crippen LogP contribution is -2.43. The second-order valence-electron chi connectivity index (χ2n) is 7.39. The first-order valence-electron chi connectivity index (χ1n) is 9.17. The second kappa shape index (κ2) is 10.4. The number of carbonyl (C=O) groups is 1. The van der Waals surface area contributed by atoms with Crippen LogP contribution in [0.3, 0.4) is 0 Å². The quantitative estimate of drug-likeness (QED) is 0.459. The minimum atomic E-state index is -0.319. The number of halogens is 3. The maximum Gasteiger partial charge on any atom is 0.258 e. The van der Waals surface area contributed by atoms with E-state index < -0.39 is 0 Å². The van der Waals surface area contributed by atoms with Crippen LogP contribution in [0.25, 0.3) is 0 Å². The van der Waals surface area contributed by atoms with Crippen molar-refractivity contribution < 1.29 is 14.3 Å². The van der Waals surface area contributed by atoms with E-state index in [2.05, 4.69) is 26.6 Å². The lowest BCUT2D eigenvalue weighted by molar-refractivity contribution is -0.124. The van der Waals surface area contributed by atoms with Gasteiger partial charge in [0.15, 0.2) is 18.1 Å². The lowest BCUT2D eigenvalue weighted by atomic mass is 10.1. The highest BCUT2D eigenvalue weighted by Crippen LogP contribution is 2.35. The molecule has 158 valence electrons. The molecular formula is C21H25BrCl2N2O3.